The van der Waals surface area contributed by atoms with E-state index in [1.807, 2.05) is 0 Å². The largest absolute Gasteiger partial charge is 0.481 e. The lowest BCUT2D eigenvalue weighted by Gasteiger charge is -2.30. The molecule has 2 heterocycles. The van der Waals surface area contributed by atoms with Crippen LogP contribution in [0.15, 0.2) is 10.9 Å². The van der Waals surface area contributed by atoms with E-state index in [0.29, 0.717) is 44.8 Å². The molecule has 0 unspecified atom stereocenters. The summed E-state index contributed by atoms with van der Waals surface area (Å²) in [5, 5.41) is 15.4. The standard InChI is InChI=1S/C12H18N4O4/c17-11(7-13-4-1-10-14-8-15-20-10)16-5-2-9(3-6-16)12(18)19/h8-9,13H,1-7H2,(H,18,19). The van der Waals surface area contributed by atoms with Crippen molar-refractivity contribution < 1.29 is 19.2 Å². The predicted octanol–water partition coefficient (Wildman–Crippen LogP) is -0.475. The topological polar surface area (TPSA) is 109 Å². The first-order chi connectivity index (χ1) is 9.66. The first-order valence-electron chi connectivity index (χ1n) is 6.63. The first-order valence-corrected chi connectivity index (χ1v) is 6.63. The Labute approximate surface area is 116 Å². The van der Waals surface area contributed by atoms with Gasteiger partial charge in [-0.25, -0.2) is 0 Å². The highest BCUT2D eigenvalue weighted by atomic mass is 16.5. The first kappa shape index (κ1) is 14.4. The Morgan fingerprint density at radius 2 is 2.20 bits per heavy atom. The van der Waals surface area contributed by atoms with Crippen molar-refractivity contribution >= 4 is 11.9 Å². The maximum atomic E-state index is 11.9. The van der Waals surface area contributed by atoms with Crippen LogP contribution in [0.4, 0.5) is 0 Å². The van der Waals surface area contributed by atoms with Crippen LogP contribution < -0.4 is 5.32 Å². The van der Waals surface area contributed by atoms with Gasteiger partial charge in [0.05, 0.1) is 12.5 Å². The number of hydrogen-bond donors (Lipinski definition) is 2. The summed E-state index contributed by atoms with van der Waals surface area (Å²) in [6.45, 7) is 1.85. The van der Waals surface area contributed by atoms with Crippen molar-refractivity contribution in [1.29, 1.82) is 0 Å². The van der Waals surface area contributed by atoms with Crippen LogP contribution in [0.3, 0.4) is 0 Å². The monoisotopic (exact) mass is 282 g/mol. The van der Waals surface area contributed by atoms with Crippen LogP contribution in [0.1, 0.15) is 18.7 Å². The maximum absolute atomic E-state index is 11.9. The number of carbonyl (C=O) groups is 2. The lowest BCUT2D eigenvalue weighted by molar-refractivity contribution is -0.145. The number of likely N-dealkylation sites (tertiary alicyclic amines) is 1. The summed E-state index contributed by atoms with van der Waals surface area (Å²) in [6, 6.07) is 0. The Balaban J connectivity index is 1.62. The van der Waals surface area contributed by atoms with Crippen LogP contribution in [-0.2, 0) is 16.0 Å². The molecule has 1 aromatic heterocycles. The molecule has 1 fully saturated rings. The van der Waals surface area contributed by atoms with Crippen molar-refractivity contribution in [1.82, 2.24) is 20.4 Å². The van der Waals surface area contributed by atoms with Gasteiger partial charge < -0.3 is 19.8 Å². The molecule has 0 aromatic carbocycles. The van der Waals surface area contributed by atoms with Crippen LogP contribution in [0, 0.1) is 5.92 Å². The number of piperidine rings is 1. The third-order valence-corrected chi connectivity index (χ3v) is 3.40. The molecule has 8 heteroatoms. The van der Waals surface area contributed by atoms with Crippen LogP contribution in [0.25, 0.3) is 0 Å². The van der Waals surface area contributed by atoms with Gasteiger partial charge in [-0.15, -0.1) is 0 Å². The molecule has 1 aliphatic rings. The lowest BCUT2D eigenvalue weighted by Crippen LogP contribution is -2.44. The Kier molecular flexibility index (Phi) is 5.05. The Morgan fingerprint density at radius 3 is 2.80 bits per heavy atom. The van der Waals surface area contributed by atoms with E-state index < -0.39 is 5.97 Å². The molecule has 1 aromatic rings. The fourth-order valence-electron chi connectivity index (χ4n) is 2.18. The molecule has 0 aliphatic carbocycles. The van der Waals surface area contributed by atoms with Gasteiger partial charge >= 0.3 is 5.97 Å². The van der Waals surface area contributed by atoms with Crippen LogP contribution in [0.2, 0.25) is 0 Å². The number of nitrogens with one attached hydrogen (secondary N) is 1. The second-order valence-corrected chi connectivity index (χ2v) is 4.76. The number of hydrogen-bond acceptors (Lipinski definition) is 6. The number of carbonyl (C=O) groups excluding carboxylic acids is 1. The van der Waals surface area contributed by atoms with Gasteiger partial charge in [0.15, 0.2) is 6.33 Å². The van der Waals surface area contributed by atoms with Crippen molar-refractivity contribution in [3.8, 4) is 0 Å². The number of rotatable bonds is 6. The van der Waals surface area contributed by atoms with E-state index in [9.17, 15) is 9.59 Å². The normalized spacial score (nSPS) is 16.3. The van der Waals surface area contributed by atoms with E-state index in [2.05, 4.69) is 15.5 Å². The van der Waals surface area contributed by atoms with Gasteiger partial charge in [-0.05, 0) is 12.8 Å². The van der Waals surface area contributed by atoms with Gasteiger partial charge in [-0.3, -0.25) is 9.59 Å². The fourth-order valence-corrected chi connectivity index (χ4v) is 2.18. The summed E-state index contributed by atoms with van der Waals surface area (Å²) in [7, 11) is 0. The van der Waals surface area contributed by atoms with E-state index >= 15 is 0 Å². The molecule has 1 amide bonds. The molecular weight excluding hydrogens is 264 g/mol. The number of aromatic nitrogens is 2. The molecule has 0 atom stereocenters. The SMILES string of the molecule is O=C(O)C1CCN(C(=O)CNCCc2ncno2)CC1. The molecule has 8 nitrogen and oxygen atoms in total. The quantitative estimate of drug-likeness (QED) is 0.678. The zero-order valence-electron chi connectivity index (χ0n) is 11.1. The van der Waals surface area contributed by atoms with Crippen LogP contribution >= 0.6 is 0 Å². The number of amides is 1. The molecule has 0 spiro atoms. The molecule has 1 saturated heterocycles. The van der Waals surface area contributed by atoms with E-state index in [1.165, 1.54) is 6.33 Å². The van der Waals surface area contributed by atoms with Gasteiger partial charge in [0.1, 0.15) is 0 Å². The smallest absolute Gasteiger partial charge is 0.306 e. The van der Waals surface area contributed by atoms with Crippen LogP contribution in [-0.4, -0.2) is 58.2 Å². The summed E-state index contributed by atoms with van der Waals surface area (Å²) >= 11 is 0. The predicted molar refractivity (Wildman–Crippen MR) is 67.8 cm³/mol. The minimum Gasteiger partial charge on any atom is -0.481 e. The average Bonchev–Trinajstić information content (AvgIpc) is 2.96. The highest BCUT2D eigenvalue weighted by Crippen LogP contribution is 2.16. The number of carboxylic acids is 1. The Morgan fingerprint density at radius 1 is 1.45 bits per heavy atom. The zero-order chi connectivity index (χ0) is 14.4. The highest BCUT2D eigenvalue weighted by molar-refractivity contribution is 5.78. The summed E-state index contributed by atoms with van der Waals surface area (Å²) in [5.41, 5.74) is 0. The molecule has 20 heavy (non-hydrogen) atoms. The van der Waals surface area contributed by atoms with Gasteiger partial charge in [-0.1, -0.05) is 5.16 Å². The minimum atomic E-state index is -0.769. The number of aliphatic carboxylic acids is 1. The Hall–Kier alpha value is -1.96. The van der Waals surface area contributed by atoms with E-state index in [0.717, 1.165) is 0 Å². The van der Waals surface area contributed by atoms with Crippen LogP contribution in [0.5, 0.6) is 0 Å². The summed E-state index contributed by atoms with van der Waals surface area (Å²) in [5.74, 6) is -0.550. The average molecular weight is 282 g/mol. The van der Waals surface area contributed by atoms with Crippen molar-refractivity contribution in [2.45, 2.75) is 19.3 Å². The number of carboxylic acid groups (broad SMARTS) is 1. The van der Waals surface area contributed by atoms with E-state index in [1.54, 1.807) is 4.90 Å². The van der Waals surface area contributed by atoms with Crippen molar-refractivity contribution in [3.05, 3.63) is 12.2 Å². The molecule has 110 valence electrons. The highest BCUT2D eigenvalue weighted by Gasteiger charge is 2.26. The second kappa shape index (κ2) is 6.99. The van der Waals surface area contributed by atoms with Crippen molar-refractivity contribution in [2.24, 2.45) is 5.92 Å². The molecule has 2 N–H and O–H groups in total. The molecule has 0 bridgehead atoms. The minimum absolute atomic E-state index is 0.000585. The van der Waals surface area contributed by atoms with Gasteiger partial charge in [0, 0.05) is 26.1 Å². The molecule has 0 radical (unpaired) electrons. The second-order valence-electron chi connectivity index (χ2n) is 4.76. The molecule has 0 saturated carbocycles. The van der Waals surface area contributed by atoms with E-state index in [4.69, 9.17) is 9.63 Å². The molecular formula is C12H18N4O4. The summed E-state index contributed by atoms with van der Waals surface area (Å²) < 4.78 is 4.84. The van der Waals surface area contributed by atoms with Crippen molar-refractivity contribution in [3.63, 3.8) is 0 Å². The molecule has 2 rings (SSSR count). The Bertz CT molecular complexity index is 440. The third kappa shape index (κ3) is 4.02. The van der Waals surface area contributed by atoms with E-state index in [-0.39, 0.29) is 18.4 Å². The summed E-state index contributed by atoms with van der Waals surface area (Å²) in [4.78, 5) is 28.3. The number of nitrogens with zero attached hydrogens (tertiary/aromatic N) is 3. The molecule has 1 aliphatic heterocycles. The van der Waals surface area contributed by atoms with Gasteiger partial charge in [0.25, 0.3) is 0 Å². The third-order valence-electron chi connectivity index (χ3n) is 3.40. The lowest BCUT2D eigenvalue weighted by atomic mass is 9.97. The maximum Gasteiger partial charge on any atom is 0.306 e. The van der Waals surface area contributed by atoms with Crippen molar-refractivity contribution in [2.75, 3.05) is 26.2 Å². The van der Waals surface area contributed by atoms with Gasteiger partial charge in [0.2, 0.25) is 11.8 Å². The van der Waals surface area contributed by atoms with Gasteiger partial charge in [-0.2, -0.15) is 4.98 Å². The fraction of sp³-hybridized carbons (Fsp3) is 0.667. The summed E-state index contributed by atoms with van der Waals surface area (Å²) in [6.07, 6.45) is 2.98. The zero-order valence-corrected chi connectivity index (χ0v) is 11.1.